The number of hydrogen-bond donors (Lipinski definition) is 1. The van der Waals surface area contributed by atoms with Crippen LogP contribution in [-0.2, 0) is 4.79 Å². The van der Waals surface area contributed by atoms with E-state index in [-0.39, 0.29) is 23.3 Å². The molecule has 1 aromatic carbocycles. The van der Waals surface area contributed by atoms with Gasteiger partial charge in [-0.3, -0.25) is 9.59 Å². The van der Waals surface area contributed by atoms with Crippen LogP contribution in [-0.4, -0.2) is 43.7 Å². The fraction of sp³-hybridized carbons (Fsp3) is 0.429. The predicted octanol–water partition coefficient (Wildman–Crippen LogP) is 2.54. The number of aliphatic carboxylic acids is 1. The molecule has 29 heavy (non-hydrogen) atoms. The van der Waals surface area contributed by atoms with Gasteiger partial charge in [0, 0.05) is 17.8 Å². The molecule has 1 N–H and O–H groups in total. The summed E-state index contributed by atoms with van der Waals surface area (Å²) in [7, 11) is 0. The Morgan fingerprint density at radius 1 is 1.21 bits per heavy atom. The molecule has 1 saturated carbocycles. The lowest BCUT2D eigenvalue weighted by molar-refractivity contribution is -0.141. The van der Waals surface area contributed by atoms with Crippen LogP contribution < -0.4 is 5.43 Å². The third-order valence-electron chi connectivity index (χ3n) is 6.00. The van der Waals surface area contributed by atoms with Crippen LogP contribution in [0.2, 0.25) is 0 Å². The van der Waals surface area contributed by atoms with Crippen molar-refractivity contribution < 1.29 is 19.1 Å². The van der Waals surface area contributed by atoms with Crippen LogP contribution in [0.15, 0.2) is 35.1 Å². The molecule has 1 aliphatic heterocycles. The van der Waals surface area contributed by atoms with Crippen molar-refractivity contribution in [1.29, 1.82) is 0 Å². The molecule has 152 valence electrons. The normalized spacial score (nSPS) is 23.7. The quantitative estimate of drug-likeness (QED) is 0.856. The zero-order valence-electron chi connectivity index (χ0n) is 16.0. The molecule has 3 atom stereocenters. The van der Waals surface area contributed by atoms with Crippen molar-refractivity contribution in [2.45, 2.75) is 51.1 Å². The second-order valence-corrected chi connectivity index (χ2v) is 7.78. The Morgan fingerprint density at radius 3 is 2.66 bits per heavy atom. The average molecular weight is 399 g/mol. The largest absolute Gasteiger partial charge is 0.480 e. The molecule has 7 nitrogen and oxygen atoms in total. The van der Waals surface area contributed by atoms with Crippen LogP contribution in [0.3, 0.4) is 0 Å². The van der Waals surface area contributed by atoms with E-state index in [0.29, 0.717) is 18.5 Å². The van der Waals surface area contributed by atoms with E-state index < -0.39 is 29.2 Å². The van der Waals surface area contributed by atoms with Gasteiger partial charge in [0.25, 0.3) is 5.91 Å². The first-order valence-electron chi connectivity index (χ1n) is 9.80. The highest BCUT2D eigenvalue weighted by Crippen LogP contribution is 2.40. The minimum Gasteiger partial charge on any atom is -0.480 e. The van der Waals surface area contributed by atoms with E-state index >= 15 is 0 Å². The second-order valence-electron chi connectivity index (χ2n) is 7.78. The molecule has 2 aliphatic rings. The van der Waals surface area contributed by atoms with Gasteiger partial charge in [-0.05, 0) is 44.2 Å². The zero-order valence-corrected chi connectivity index (χ0v) is 16.0. The summed E-state index contributed by atoms with van der Waals surface area (Å²) >= 11 is 0. The maximum Gasteiger partial charge on any atom is 0.326 e. The topological polar surface area (TPSA) is 92.5 Å². The number of aryl methyl sites for hydroxylation is 1. The van der Waals surface area contributed by atoms with E-state index in [4.69, 9.17) is 0 Å². The summed E-state index contributed by atoms with van der Waals surface area (Å²) in [5.41, 5.74) is -0.478. The molecule has 0 unspecified atom stereocenters. The molecule has 0 spiro atoms. The molecule has 8 heteroatoms. The van der Waals surface area contributed by atoms with Gasteiger partial charge in [0.05, 0.1) is 0 Å². The number of fused-ring (bicyclic) bond motifs is 1. The molecule has 1 saturated heterocycles. The number of halogens is 1. The molecule has 1 aliphatic carbocycles. The summed E-state index contributed by atoms with van der Waals surface area (Å²) in [5.74, 6) is -2.19. The first kappa shape index (κ1) is 19.3. The molecule has 2 aromatic rings. The SMILES string of the molecule is Cc1cc(=O)c(C(=O)N2[C@@H]3CCCC[C@@H]3C[C@H]2C(=O)O)nn1-c1ccccc1F. The van der Waals surface area contributed by atoms with Crippen molar-refractivity contribution in [3.63, 3.8) is 0 Å². The Bertz CT molecular complexity index is 1030. The second kappa shape index (κ2) is 7.42. The van der Waals surface area contributed by atoms with E-state index in [1.54, 1.807) is 13.0 Å². The molecular formula is C21H22FN3O4. The van der Waals surface area contributed by atoms with Gasteiger partial charge in [-0.15, -0.1) is 0 Å². The summed E-state index contributed by atoms with van der Waals surface area (Å²) in [6, 6.07) is 5.99. The van der Waals surface area contributed by atoms with Crippen molar-refractivity contribution >= 4 is 11.9 Å². The number of carbonyl (C=O) groups is 2. The third-order valence-corrected chi connectivity index (χ3v) is 6.00. The number of carboxylic acid groups (broad SMARTS) is 1. The highest BCUT2D eigenvalue weighted by molar-refractivity contribution is 5.95. The summed E-state index contributed by atoms with van der Waals surface area (Å²) in [6.07, 6.45) is 3.90. The first-order valence-corrected chi connectivity index (χ1v) is 9.80. The highest BCUT2D eigenvalue weighted by atomic mass is 19.1. The molecule has 0 radical (unpaired) electrons. The van der Waals surface area contributed by atoms with E-state index in [1.807, 2.05) is 0 Å². The third kappa shape index (κ3) is 3.32. The number of amides is 1. The fourth-order valence-electron chi connectivity index (χ4n) is 4.66. The smallest absolute Gasteiger partial charge is 0.326 e. The Balaban J connectivity index is 1.78. The van der Waals surface area contributed by atoms with E-state index in [0.717, 1.165) is 19.3 Å². The number of hydrogen-bond acceptors (Lipinski definition) is 4. The number of aromatic nitrogens is 2. The van der Waals surface area contributed by atoms with Gasteiger partial charge >= 0.3 is 5.97 Å². The molecule has 1 amide bonds. The number of rotatable bonds is 3. The van der Waals surface area contributed by atoms with Gasteiger partial charge in [0.15, 0.2) is 5.69 Å². The zero-order chi connectivity index (χ0) is 20.7. The first-order chi connectivity index (χ1) is 13.9. The van der Waals surface area contributed by atoms with Gasteiger partial charge in [0.1, 0.15) is 17.5 Å². The maximum atomic E-state index is 14.3. The fourth-order valence-corrected chi connectivity index (χ4v) is 4.66. The number of likely N-dealkylation sites (tertiary alicyclic amines) is 1. The van der Waals surface area contributed by atoms with E-state index in [9.17, 15) is 23.9 Å². The lowest BCUT2D eigenvalue weighted by Gasteiger charge is -2.32. The molecule has 0 bridgehead atoms. The highest BCUT2D eigenvalue weighted by Gasteiger charge is 2.48. The summed E-state index contributed by atoms with van der Waals surface area (Å²) in [4.78, 5) is 39.0. The van der Waals surface area contributed by atoms with Crippen LogP contribution in [0.1, 0.15) is 48.3 Å². The summed E-state index contributed by atoms with van der Waals surface area (Å²) in [5, 5.41) is 13.8. The Morgan fingerprint density at radius 2 is 1.93 bits per heavy atom. The maximum absolute atomic E-state index is 14.3. The van der Waals surface area contributed by atoms with Gasteiger partial charge in [-0.2, -0.15) is 5.10 Å². The summed E-state index contributed by atoms with van der Waals surface area (Å²) < 4.78 is 15.5. The van der Waals surface area contributed by atoms with Gasteiger partial charge < -0.3 is 10.0 Å². The Labute approximate surface area is 166 Å². The monoisotopic (exact) mass is 399 g/mol. The van der Waals surface area contributed by atoms with Crippen molar-refractivity contribution in [2.24, 2.45) is 5.92 Å². The molecule has 4 rings (SSSR count). The standard InChI is InChI=1S/C21H22FN3O4/c1-12-10-18(26)19(23-25(12)16-9-5-3-7-14(16)22)20(27)24-15-8-4-2-6-13(15)11-17(24)21(28)29/h3,5,7,9-10,13,15,17H,2,4,6,8,11H2,1H3,(H,28,29)/t13-,15-,17+/m1/s1. The Kier molecular flexibility index (Phi) is 4.94. The van der Waals surface area contributed by atoms with E-state index in [2.05, 4.69) is 5.10 Å². The van der Waals surface area contributed by atoms with Gasteiger partial charge in [-0.1, -0.05) is 25.0 Å². The lowest BCUT2D eigenvalue weighted by Crippen LogP contribution is -2.48. The predicted molar refractivity (Wildman–Crippen MR) is 102 cm³/mol. The van der Waals surface area contributed by atoms with Crippen molar-refractivity contribution in [1.82, 2.24) is 14.7 Å². The molecule has 2 heterocycles. The number of carbonyl (C=O) groups excluding carboxylic acids is 1. The number of carboxylic acids is 1. The minimum atomic E-state index is -1.07. The van der Waals surface area contributed by atoms with Crippen LogP contribution in [0.4, 0.5) is 4.39 Å². The molecule has 2 fully saturated rings. The van der Waals surface area contributed by atoms with Crippen LogP contribution in [0.25, 0.3) is 5.69 Å². The molecule has 1 aromatic heterocycles. The van der Waals surface area contributed by atoms with Crippen LogP contribution >= 0.6 is 0 Å². The number of benzene rings is 1. The van der Waals surface area contributed by atoms with Crippen molar-refractivity contribution in [3.05, 3.63) is 57.8 Å². The summed E-state index contributed by atoms with van der Waals surface area (Å²) in [6.45, 7) is 1.60. The minimum absolute atomic E-state index is 0.116. The van der Waals surface area contributed by atoms with Gasteiger partial charge in [0.2, 0.25) is 5.43 Å². The number of nitrogens with zero attached hydrogens (tertiary/aromatic N) is 3. The van der Waals surface area contributed by atoms with Crippen LogP contribution in [0, 0.1) is 18.7 Å². The van der Waals surface area contributed by atoms with Crippen LogP contribution in [0.5, 0.6) is 0 Å². The number of para-hydroxylation sites is 1. The average Bonchev–Trinajstić information content (AvgIpc) is 3.08. The Hall–Kier alpha value is -3.03. The lowest BCUT2D eigenvalue weighted by atomic mass is 9.84. The van der Waals surface area contributed by atoms with E-state index in [1.165, 1.54) is 33.8 Å². The van der Waals surface area contributed by atoms with Crippen molar-refractivity contribution in [2.75, 3.05) is 0 Å². The molecular weight excluding hydrogens is 377 g/mol. The van der Waals surface area contributed by atoms with Crippen molar-refractivity contribution in [3.8, 4) is 5.69 Å². The van der Waals surface area contributed by atoms with Gasteiger partial charge in [-0.25, -0.2) is 13.9 Å².